The summed E-state index contributed by atoms with van der Waals surface area (Å²) in [6.45, 7) is 8.73. The van der Waals surface area contributed by atoms with Crippen molar-refractivity contribution in [3.63, 3.8) is 0 Å². The van der Waals surface area contributed by atoms with Crippen LogP contribution in [0.5, 0.6) is 11.5 Å². The number of aldehydes is 1. The molecule has 0 aliphatic rings. The Kier molecular flexibility index (Phi) is 9.40. The average Bonchev–Trinajstić information content (AvgIpc) is 2.64. The number of benzene rings is 1. The molecule has 0 saturated carbocycles. The molecule has 0 fully saturated rings. The number of rotatable bonds is 10. The first-order valence-electron chi connectivity index (χ1n) is 9.79. The number of halogens is 1. The van der Waals surface area contributed by atoms with Crippen LogP contribution in [-0.4, -0.2) is 38.4 Å². The first-order chi connectivity index (χ1) is 13.4. The van der Waals surface area contributed by atoms with Crippen molar-refractivity contribution in [2.24, 2.45) is 0 Å². The van der Waals surface area contributed by atoms with Crippen molar-refractivity contribution >= 4 is 17.9 Å². The van der Waals surface area contributed by atoms with Gasteiger partial charge in [-0.15, -0.1) is 0 Å². The van der Waals surface area contributed by atoms with Crippen LogP contribution in [0.2, 0.25) is 5.02 Å². The summed E-state index contributed by atoms with van der Waals surface area (Å²) in [6, 6.07) is 0. The van der Waals surface area contributed by atoms with E-state index in [9.17, 15) is 25.2 Å². The van der Waals surface area contributed by atoms with E-state index in [1.807, 2.05) is 19.9 Å². The normalized spacial score (nSPS) is 14.2. The van der Waals surface area contributed by atoms with Crippen LogP contribution in [0.1, 0.15) is 74.9 Å². The second-order valence-electron chi connectivity index (χ2n) is 8.20. The Balaban J connectivity index is 2.70. The highest BCUT2D eigenvalue weighted by Crippen LogP contribution is 2.40. The highest BCUT2D eigenvalue weighted by Gasteiger charge is 2.23. The maximum Gasteiger partial charge on any atom is 0.154 e. The van der Waals surface area contributed by atoms with Gasteiger partial charge in [0.2, 0.25) is 0 Å². The lowest BCUT2D eigenvalue weighted by molar-refractivity contribution is -0.0509. The SMILES string of the molecule is C/C(=C\Cc1c(O)c(Cl)c(C)c(C=O)c1O)CC/C=C(\C)CC[C@@H](O)C(C)(C)O. The van der Waals surface area contributed by atoms with Gasteiger partial charge in [0, 0.05) is 5.56 Å². The molecule has 0 radical (unpaired) electrons. The first-order valence-corrected chi connectivity index (χ1v) is 10.2. The number of phenols is 2. The molecule has 5 nitrogen and oxygen atoms in total. The molecule has 1 aromatic rings. The van der Waals surface area contributed by atoms with Crippen molar-refractivity contribution in [1.82, 2.24) is 0 Å². The fraction of sp³-hybridized carbons (Fsp3) is 0.522. The highest BCUT2D eigenvalue weighted by molar-refractivity contribution is 6.33. The number of hydrogen-bond acceptors (Lipinski definition) is 5. The molecule has 0 aliphatic carbocycles. The van der Waals surface area contributed by atoms with Crippen LogP contribution in [0.3, 0.4) is 0 Å². The smallest absolute Gasteiger partial charge is 0.154 e. The standard InChI is InChI=1S/C23H33ClO5/c1-14(7-6-8-15(2)10-12-19(26)23(4,5)29)9-11-17-21(27)18(13-25)16(3)20(24)22(17)28/h8-9,13,19,26-29H,6-7,10-12H2,1-5H3/b14-9+,15-8+/t19-/m1/s1. The molecule has 6 heteroatoms. The van der Waals surface area contributed by atoms with E-state index in [1.165, 1.54) is 0 Å². The van der Waals surface area contributed by atoms with Gasteiger partial charge in [-0.1, -0.05) is 34.9 Å². The lowest BCUT2D eigenvalue weighted by Crippen LogP contribution is -2.35. The first kappa shape index (κ1) is 25.2. The Labute approximate surface area is 178 Å². The van der Waals surface area contributed by atoms with Crippen molar-refractivity contribution in [3.8, 4) is 11.5 Å². The van der Waals surface area contributed by atoms with Gasteiger partial charge >= 0.3 is 0 Å². The predicted molar refractivity (Wildman–Crippen MR) is 117 cm³/mol. The maximum absolute atomic E-state index is 11.2. The molecule has 0 aromatic heterocycles. The molecular formula is C23H33ClO5. The summed E-state index contributed by atoms with van der Waals surface area (Å²) in [5, 5.41) is 40.2. The molecule has 4 N–H and O–H groups in total. The zero-order valence-electron chi connectivity index (χ0n) is 17.9. The molecule has 0 spiro atoms. The zero-order chi connectivity index (χ0) is 22.4. The number of aliphatic hydroxyl groups excluding tert-OH is 1. The second kappa shape index (κ2) is 10.8. The molecule has 0 bridgehead atoms. The van der Waals surface area contributed by atoms with Gasteiger partial charge < -0.3 is 20.4 Å². The molecule has 162 valence electrons. The Morgan fingerprint density at radius 2 is 1.69 bits per heavy atom. The topological polar surface area (TPSA) is 98.0 Å². The molecule has 1 rings (SSSR count). The van der Waals surface area contributed by atoms with E-state index in [-0.39, 0.29) is 34.1 Å². The summed E-state index contributed by atoms with van der Waals surface area (Å²) in [5.41, 5.74) is 1.83. The molecule has 1 atom stereocenters. The number of phenolic OH excluding ortho intramolecular Hbond substituents is 2. The van der Waals surface area contributed by atoms with E-state index in [4.69, 9.17) is 11.6 Å². The summed E-state index contributed by atoms with van der Waals surface area (Å²) in [4.78, 5) is 11.2. The summed E-state index contributed by atoms with van der Waals surface area (Å²) in [6.07, 6.45) is 6.89. The third-order valence-electron chi connectivity index (χ3n) is 5.20. The summed E-state index contributed by atoms with van der Waals surface area (Å²) in [5.74, 6) is -0.429. The Hall–Kier alpha value is -1.82. The average molecular weight is 425 g/mol. The molecule has 0 aliphatic heterocycles. The van der Waals surface area contributed by atoms with Crippen molar-refractivity contribution in [2.75, 3.05) is 0 Å². The van der Waals surface area contributed by atoms with Gasteiger partial charge in [0.15, 0.2) is 6.29 Å². The number of allylic oxidation sites excluding steroid dienone is 4. The van der Waals surface area contributed by atoms with Crippen LogP contribution in [0.25, 0.3) is 0 Å². The summed E-state index contributed by atoms with van der Waals surface area (Å²) >= 11 is 6.07. The third kappa shape index (κ3) is 7.18. The van der Waals surface area contributed by atoms with Crippen LogP contribution < -0.4 is 0 Å². The van der Waals surface area contributed by atoms with Gasteiger partial charge in [-0.3, -0.25) is 4.79 Å². The van der Waals surface area contributed by atoms with Gasteiger partial charge in [0.25, 0.3) is 0 Å². The molecule has 0 unspecified atom stereocenters. The van der Waals surface area contributed by atoms with E-state index in [0.717, 1.165) is 24.0 Å². The zero-order valence-corrected chi connectivity index (χ0v) is 18.7. The van der Waals surface area contributed by atoms with Crippen molar-refractivity contribution in [1.29, 1.82) is 0 Å². The largest absolute Gasteiger partial charge is 0.507 e. The van der Waals surface area contributed by atoms with Crippen LogP contribution in [0.4, 0.5) is 0 Å². The minimum Gasteiger partial charge on any atom is -0.507 e. The van der Waals surface area contributed by atoms with E-state index < -0.39 is 11.7 Å². The number of aromatic hydroxyl groups is 2. The van der Waals surface area contributed by atoms with Crippen LogP contribution in [-0.2, 0) is 6.42 Å². The summed E-state index contributed by atoms with van der Waals surface area (Å²) in [7, 11) is 0. The second-order valence-corrected chi connectivity index (χ2v) is 8.58. The van der Waals surface area contributed by atoms with Crippen LogP contribution in [0.15, 0.2) is 23.3 Å². The van der Waals surface area contributed by atoms with Crippen molar-refractivity contribution in [2.45, 2.75) is 78.4 Å². The van der Waals surface area contributed by atoms with E-state index in [0.29, 0.717) is 24.7 Å². The molecular weight excluding hydrogens is 392 g/mol. The van der Waals surface area contributed by atoms with Gasteiger partial charge in [0.05, 0.1) is 22.3 Å². The Morgan fingerprint density at radius 3 is 2.24 bits per heavy atom. The monoisotopic (exact) mass is 424 g/mol. The van der Waals surface area contributed by atoms with Gasteiger partial charge in [-0.25, -0.2) is 0 Å². The predicted octanol–water partition coefficient (Wildman–Crippen LogP) is 5.00. The molecule has 0 heterocycles. The van der Waals surface area contributed by atoms with Crippen molar-refractivity contribution in [3.05, 3.63) is 45.0 Å². The molecule has 1 aromatic carbocycles. The Morgan fingerprint density at radius 1 is 1.10 bits per heavy atom. The van der Waals surface area contributed by atoms with Gasteiger partial charge in [-0.05, 0) is 72.3 Å². The van der Waals surface area contributed by atoms with Gasteiger partial charge in [0.1, 0.15) is 11.5 Å². The fourth-order valence-electron chi connectivity index (χ4n) is 2.96. The van der Waals surface area contributed by atoms with E-state index in [2.05, 4.69) is 6.08 Å². The summed E-state index contributed by atoms with van der Waals surface area (Å²) < 4.78 is 0. The molecule has 29 heavy (non-hydrogen) atoms. The Bertz CT molecular complexity index is 788. The van der Waals surface area contributed by atoms with Gasteiger partial charge in [-0.2, -0.15) is 0 Å². The molecule has 0 amide bonds. The lowest BCUT2D eigenvalue weighted by atomic mass is 9.95. The minimum atomic E-state index is -1.10. The highest BCUT2D eigenvalue weighted by atomic mass is 35.5. The quantitative estimate of drug-likeness (QED) is 0.313. The number of carbonyl (C=O) groups excluding carboxylic acids is 1. The van der Waals surface area contributed by atoms with Crippen molar-refractivity contribution < 1.29 is 25.2 Å². The third-order valence-corrected chi connectivity index (χ3v) is 5.66. The number of aliphatic hydroxyl groups is 2. The minimum absolute atomic E-state index is 0.0813. The molecule has 0 saturated heterocycles. The lowest BCUT2D eigenvalue weighted by Gasteiger charge is -2.24. The van der Waals surface area contributed by atoms with Crippen LogP contribution in [0, 0.1) is 6.92 Å². The number of hydrogen-bond donors (Lipinski definition) is 4. The van der Waals surface area contributed by atoms with E-state index in [1.54, 1.807) is 20.8 Å². The van der Waals surface area contributed by atoms with Crippen LogP contribution >= 0.6 is 11.6 Å². The fourth-order valence-corrected chi connectivity index (χ4v) is 3.18. The maximum atomic E-state index is 11.2. The van der Waals surface area contributed by atoms with E-state index >= 15 is 0 Å². The number of carbonyl (C=O) groups is 1.